The lowest BCUT2D eigenvalue weighted by atomic mass is 9.83. The zero-order valence-electron chi connectivity index (χ0n) is 18.7. The molecular formula is C27H32O3. The lowest BCUT2D eigenvalue weighted by Crippen LogP contribution is -2.24. The highest BCUT2D eigenvalue weighted by Crippen LogP contribution is 2.32. The van der Waals surface area contributed by atoms with Crippen LogP contribution in [0, 0.1) is 13.8 Å². The molecule has 0 atom stereocenters. The lowest BCUT2D eigenvalue weighted by molar-refractivity contribution is 0.0823. The second kappa shape index (κ2) is 9.82. The Kier molecular flexibility index (Phi) is 7.17. The number of ether oxygens (including phenoxy) is 3. The first-order valence-electron chi connectivity index (χ1n) is 10.5. The van der Waals surface area contributed by atoms with Crippen molar-refractivity contribution in [2.75, 3.05) is 13.2 Å². The second-order valence-electron chi connectivity index (χ2n) is 8.31. The quantitative estimate of drug-likeness (QED) is 0.385. The maximum absolute atomic E-state index is 6.11. The highest BCUT2D eigenvalue weighted by Gasteiger charge is 2.23. The number of para-hydroxylation sites is 1. The molecule has 3 aromatic rings. The van der Waals surface area contributed by atoms with Crippen LogP contribution in [-0.4, -0.2) is 13.2 Å². The lowest BCUT2D eigenvalue weighted by Gasteiger charge is -2.27. The first kappa shape index (κ1) is 21.9. The van der Waals surface area contributed by atoms with Crippen LogP contribution in [0.15, 0.2) is 66.7 Å². The van der Waals surface area contributed by atoms with Crippen LogP contribution < -0.4 is 9.47 Å². The summed E-state index contributed by atoms with van der Waals surface area (Å²) in [6.07, 6.45) is 0. The standard InChI is InChI=1S/C27H32O3/c1-6-29-26-20(2)15-23(16-21(26)3)27(4,5)19-28-18-22-11-10-14-25(17-22)30-24-12-8-7-9-13-24/h7-17H,6,18-19H2,1-5H3. The summed E-state index contributed by atoms with van der Waals surface area (Å²) < 4.78 is 17.8. The van der Waals surface area contributed by atoms with Gasteiger partial charge in [0, 0.05) is 5.41 Å². The van der Waals surface area contributed by atoms with Gasteiger partial charge in [0.1, 0.15) is 17.2 Å². The van der Waals surface area contributed by atoms with Gasteiger partial charge in [-0.15, -0.1) is 0 Å². The summed E-state index contributed by atoms with van der Waals surface area (Å²) >= 11 is 0. The van der Waals surface area contributed by atoms with E-state index in [1.54, 1.807) is 0 Å². The first-order chi connectivity index (χ1) is 14.4. The summed E-state index contributed by atoms with van der Waals surface area (Å²) in [5, 5.41) is 0. The Hall–Kier alpha value is -2.78. The minimum atomic E-state index is -0.0988. The summed E-state index contributed by atoms with van der Waals surface area (Å²) in [6.45, 7) is 12.5. The van der Waals surface area contributed by atoms with Gasteiger partial charge in [-0.2, -0.15) is 0 Å². The van der Waals surface area contributed by atoms with Crippen LogP contribution in [0.3, 0.4) is 0 Å². The predicted octanol–water partition coefficient (Wildman–Crippen LogP) is 6.99. The van der Waals surface area contributed by atoms with Crippen LogP contribution in [-0.2, 0) is 16.8 Å². The Labute approximate surface area is 180 Å². The second-order valence-corrected chi connectivity index (χ2v) is 8.31. The smallest absolute Gasteiger partial charge is 0.127 e. The number of hydrogen-bond acceptors (Lipinski definition) is 3. The van der Waals surface area contributed by atoms with E-state index >= 15 is 0 Å². The Morgan fingerprint density at radius 2 is 1.47 bits per heavy atom. The summed E-state index contributed by atoms with van der Waals surface area (Å²) in [4.78, 5) is 0. The molecule has 0 amide bonds. The molecule has 0 aliphatic rings. The molecule has 0 N–H and O–H groups in total. The number of aryl methyl sites for hydroxylation is 2. The van der Waals surface area contributed by atoms with E-state index in [1.807, 2.05) is 55.5 Å². The summed E-state index contributed by atoms with van der Waals surface area (Å²) in [7, 11) is 0. The molecule has 0 saturated heterocycles. The number of hydrogen-bond donors (Lipinski definition) is 0. The molecule has 0 unspecified atom stereocenters. The fourth-order valence-corrected chi connectivity index (χ4v) is 3.54. The van der Waals surface area contributed by atoms with Gasteiger partial charge in [-0.25, -0.2) is 0 Å². The van der Waals surface area contributed by atoms with Crippen LogP contribution in [0.2, 0.25) is 0 Å². The molecule has 3 heteroatoms. The molecule has 158 valence electrons. The monoisotopic (exact) mass is 404 g/mol. The molecule has 0 aromatic heterocycles. The van der Waals surface area contributed by atoms with Crippen LogP contribution in [0.4, 0.5) is 0 Å². The van der Waals surface area contributed by atoms with Crippen molar-refractivity contribution in [1.29, 1.82) is 0 Å². The first-order valence-corrected chi connectivity index (χ1v) is 10.5. The van der Waals surface area contributed by atoms with Gasteiger partial charge in [0.05, 0.1) is 19.8 Å². The van der Waals surface area contributed by atoms with Gasteiger partial charge in [-0.05, 0) is 67.3 Å². The minimum Gasteiger partial charge on any atom is -0.493 e. The molecule has 0 fully saturated rings. The fourth-order valence-electron chi connectivity index (χ4n) is 3.54. The van der Waals surface area contributed by atoms with E-state index in [-0.39, 0.29) is 5.41 Å². The van der Waals surface area contributed by atoms with Crippen LogP contribution in [0.5, 0.6) is 17.2 Å². The molecule has 3 aromatic carbocycles. The highest BCUT2D eigenvalue weighted by molar-refractivity contribution is 5.45. The zero-order valence-corrected chi connectivity index (χ0v) is 18.7. The third kappa shape index (κ3) is 5.64. The predicted molar refractivity (Wildman–Crippen MR) is 123 cm³/mol. The molecule has 0 aliphatic heterocycles. The minimum absolute atomic E-state index is 0.0988. The van der Waals surface area contributed by atoms with E-state index in [1.165, 1.54) is 16.7 Å². The van der Waals surface area contributed by atoms with E-state index in [0.717, 1.165) is 22.8 Å². The van der Waals surface area contributed by atoms with Gasteiger partial charge in [-0.1, -0.05) is 56.3 Å². The van der Waals surface area contributed by atoms with Gasteiger partial charge in [0.2, 0.25) is 0 Å². The third-order valence-corrected chi connectivity index (χ3v) is 5.14. The molecule has 0 saturated carbocycles. The molecule has 3 rings (SSSR count). The molecule has 0 radical (unpaired) electrons. The van der Waals surface area contributed by atoms with E-state index < -0.39 is 0 Å². The van der Waals surface area contributed by atoms with E-state index in [4.69, 9.17) is 14.2 Å². The maximum atomic E-state index is 6.11. The van der Waals surface area contributed by atoms with Crippen LogP contribution in [0.25, 0.3) is 0 Å². The fraction of sp³-hybridized carbons (Fsp3) is 0.333. The van der Waals surface area contributed by atoms with Crippen LogP contribution in [0.1, 0.15) is 43.0 Å². The third-order valence-electron chi connectivity index (χ3n) is 5.14. The maximum Gasteiger partial charge on any atom is 0.127 e. The Morgan fingerprint density at radius 3 is 2.13 bits per heavy atom. The van der Waals surface area contributed by atoms with Crippen molar-refractivity contribution in [2.24, 2.45) is 0 Å². The van der Waals surface area contributed by atoms with Crippen molar-refractivity contribution in [3.63, 3.8) is 0 Å². The number of benzene rings is 3. The van der Waals surface area contributed by atoms with Gasteiger partial charge in [0.15, 0.2) is 0 Å². The largest absolute Gasteiger partial charge is 0.493 e. The average molecular weight is 405 g/mol. The topological polar surface area (TPSA) is 27.7 Å². The Bertz CT molecular complexity index is 938. The van der Waals surface area contributed by atoms with Crippen molar-refractivity contribution in [3.05, 3.63) is 89.0 Å². The molecule has 0 bridgehead atoms. The molecule has 30 heavy (non-hydrogen) atoms. The summed E-state index contributed by atoms with van der Waals surface area (Å²) in [5.41, 5.74) is 4.61. The van der Waals surface area contributed by atoms with E-state index in [0.29, 0.717) is 19.8 Å². The zero-order chi connectivity index (χ0) is 21.6. The summed E-state index contributed by atoms with van der Waals surface area (Å²) in [6, 6.07) is 22.3. The average Bonchev–Trinajstić information content (AvgIpc) is 2.71. The van der Waals surface area contributed by atoms with Crippen molar-refractivity contribution >= 4 is 0 Å². The van der Waals surface area contributed by atoms with Crippen molar-refractivity contribution in [2.45, 2.75) is 46.6 Å². The van der Waals surface area contributed by atoms with Gasteiger partial charge in [-0.3, -0.25) is 0 Å². The van der Waals surface area contributed by atoms with Crippen molar-refractivity contribution < 1.29 is 14.2 Å². The number of rotatable bonds is 9. The van der Waals surface area contributed by atoms with Crippen molar-refractivity contribution in [1.82, 2.24) is 0 Å². The van der Waals surface area contributed by atoms with Gasteiger partial charge in [0.25, 0.3) is 0 Å². The molecular weight excluding hydrogens is 372 g/mol. The molecule has 0 aliphatic carbocycles. The Balaban J connectivity index is 1.62. The molecule has 3 nitrogen and oxygen atoms in total. The normalized spacial score (nSPS) is 11.4. The van der Waals surface area contributed by atoms with Crippen LogP contribution >= 0.6 is 0 Å². The SMILES string of the molecule is CCOc1c(C)cc(C(C)(C)COCc2cccc(Oc3ccccc3)c2)cc1C. The summed E-state index contributed by atoms with van der Waals surface area (Å²) in [5.74, 6) is 2.64. The molecule has 0 spiro atoms. The molecule has 0 heterocycles. The van der Waals surface area contributed by atoms with Gasteiger partial charge >= 0.3 is 0 Å². The van der Waals surface area contributed by atoms with E-state index in [9.17, 15) is 0 Å². The van der Waals surface area contributed by atoms with E-state index in [2.05, 4.69) is 45.9 Å². The highest BCUT2D eigenvalue weighted by atomic mass is 16.5. The Morgan fingerprint density at radius 1 is 0.800 bits per heavy atom. The van der Waals surface area contributed by atoms with Gasteiger partial charge < -0.3 is 14.2 Å². The van der Waals surface area contributed by atoms with Crippen molar-refractivity contribution in [3.8, 4) is 17.2 Å².